The van der Waals surface area contributed by atoms with Crippen LogP contribution in [0.1, 0.15) is 22.3 Å². The summed E-state index contributed by atoms with van der Waals surface area (Å²) in [7, 11) is -0.0752. The highest BCUT2D eigenvalue weighted by Crippen LogP contribution is 2.23. The van der Waals surface area contributed by atoms with Crippen LogP contribution in [0.2, 0.25) is 0 Å². The minimum Gasteiger partial charge on any atom is -0.352 e. The summed E-state index contributed by atoms with van der Waals surface area (Å²) in [6, 6.07) is 2.15. The lowest BCUT2D eigenvalue weighted by Crippen LogP contribution is -2.25. The Morgan fingerprint density at radius 1 is 1.43 bits per heavy atom. The second-order valence-corrected chi connectivity index (χ2v) is 8.52. The number of carbonyl (C=O) groups excluding carboxylic acids is 1. The van der Waals surface area contributed by atoms with Crippen LogP contribution in [-0.4, -0.2) is 37.1 Å². The van der Waals surface area contributed by atoms with Gasteiger partial charge in [-0.15, -0.1) is 0 Å². The minimum absolute atomic E-state index is 0.00532. The summed E-state index contributed by atoms with van der Waals surface area (Å²) in [5, 5.41) is 2.55. The van der Waals surface area contributed by atoms with Crippen LogP contribution >= 0.6 is 10.7 Å². The van der Waals surface area contributed by atoms with Gasteiger partial charge in [-0.25, -0.2) is 12.8 Å². The monoisotopic (exact) mass is 355 g/mol. The average molecular weight is 356 g/mol. The molecule has 0 aliphatic rings. The molecule has 0 saturated heterocycles. The van der Waals surface area contributed by atoms with Gasteiger partial charge in [-0.1, -0.05) is 0 Å². The Labute approximate surface area is 129 Å². The number of benzene rings is 1. The van der Waals surface area contributed by atoms with E-state index in [0.29, 0.717) is 12.2 Å². The van der Waals surface area contributed by atoms with Crippen LogP contribution in [0.25, 0.3) is 0 Å². The predicted octanol–water partition coefficient (Wildman–Crippen LogP) is 1.56. The van der Waals surface area contributed by atoms with Crippen molar-refractivity contribution >= 4 is 36.4 Å². The SMILES string of the molecule is Cc1cc(C(=O)NCCCS(C)=O)cc(S(=O)(=O)Cl)c1F. The quantitative estimate of drug-likeness (QED) is 0.620. The molecule has 1 rings (SSSR count). The van der Waals surface area contributed by atoms with Crippen molar-refractivity contribution < 1.29 is 21.8 Å². The van der Waals surface area contributed by atoms with Gasteiger partial charge in [0.15, 0.2) is 0 Å². The first-order valence-electron chi connectivity index (χ1n) is 5.96. The van der Waals surface area contributed by atoms with Crippen molar-refractivity contribution in [1.82, 2.24) is 5.32 Å². The van der Waals surface area contributed by atoms with E-state index in [0.717, 1.165) is 6.07 Å². The standard InChI is InChI=1S/C12H15ClFNO4S2/c1-8-6-9(7-10(11(8)14)21(13,18)19)12(16)15-4-3-5-20(2)17/h6-7H,3-5H2,1-2H3,(H,15,16). The zero-order valence-electron chi connectivity index (χ0n) is 11.5. The summed E-state index contributed by atoms with van der Waals surface area (Å²) in [4.78, 5) is 11.2. The Bertz CT molecular complexity index is 676. The van der Waals surface area contributed by atoms with E-state index < -0.39 is 36.5 Å². The third-order valence-electron chi connectivity index (χ3n) is 2.64. The highest BCUT2D eigenvalue weighted by Gasteiger charge is 2.21. The van der Waals surface area contributed by atoms with Crippen molar-refractivity contribution in [2.45, 2.75) is 18.2 Å². The molecule has 0 saturated carbocycles. The zero-order chi connectivity index (χ0) is 16.2. The number of carbonyl (C=O) groups is 1. The summed E-state index contributed by atoms with van der Waals surface area (Å²) in [5.41, 5.74) is 0.0160. The number of nitrogens with one attached hydrogen (secondary N) is 1. The van der Waals surface area contributed by atoms with E-state index in [-0.39, 0.29) is 17.7 Å². The molecule has 1 unspecified atom stereocenters. The third-order valence-corrected chi connectivity index (χ3v) is 4.82. The van der Waals surface area contributed by atoms with Gasteiger partial charge in [-0.05, 0) is 31.0 Å². The lowest BCUT2D eigenvalue weighted by molar-refractivity contribution is 0.0953. The van der Waals surface area contributed by atoms with Crippen molar-refractivity contribution in [1.29, 1.82) is 0 Å². The molecule has 0 bridgehead atoms. The van der Waals surface area contributed by atoms with Crippen LogP contribution in [0.3, 0.4) is 0 Å². The molecule has 5 nitrogen and oxygen atoms in total. The van der Waals surface area contributed by atoms with Crippen molar-refractivity contribution in [2.75, 3.05) is 18.6 Å². The smallest absolute Gasteiger partial charge is 0.264 e. The Hall–Kier alpha value is -0.990. The molecule has 0 aliphatic carbocycles. The first-order chi connectivity index (χ1) is 9.62. The molecule has 0 radical (unpaired) electrons. The molecule has 0 fully saturated rings. The molecule has 0 spiro atoms. The number of hydrogen-bond donors (Lipinski definition) is 1. The lowest BCUT2D eigenvalue weighted by Gasteiger charge is -2.08. The van der Waals surface area contributed by atoms with Gasteiger partial charge >= 0.3 is 0 Å². The second-order valence-electron chi connectivity index (χ2n) is 4.43. The second kappa shape index (κ2) is 7.33. The molecular weight excluding hydrogens is 341 g/mol. The molecule has 1 atom stereocenters. The molecule has 1 N–H and O–H groups in total. The number of amides is 1. The van der Waals surface area contributed by atoms with Gasteiger partial charge in [0, 0.05) is 45.6 Å². The summed E-state index contributed by atoms with van der Waals surface area (Å²) in [5.74, 6) is -1.06. The minimum atomic E-state index is -4.27. The van der Waals surface area contributed by atoms with Gasteiger partial charge in [0.05, 0.1) is 0 Å². The number of hydrogen-bond acceptors (Lipinski definition) is 4. The molecular formula is C12H15ClFNO4S2. The topological polar surface area (TPSA) is 80.3 Å². The van der Waals surface area contributed by atoms with Crippen molar-refractivity contribution in [3.05, 3.63) is 29.1 Å². The number of aryl methyl sites for hydroxylation is 1. The van der Waals surface area contributed by atoms with Crippen molar-refractivity contribution in [3.63, 3.8) is 0 Å². The van der Waals surface area contributed by atoms with E-state index >= 15 is 0 Å². The Balaban J connectivity index is 2.91. The van der Waals surface area contributed by atoms with Crippen LogP contribution in [0, 0.1) is 12.7 Å². The van der Waals surface area contributed by atoms with Gasteiger partial charge in [-0.3, -0.25) is 9.00 Å². The molecule has 0 aromatic heterocycles. The summed E-state index contributed by atoms with van der Waals surface area (Å²) < 4.78 is 47.1. The van der Waals surface area contributed by atoms with E-state index in [1.807, 2.05) is 0 Å². The van der Waals surface area contributed by atoms with E-state index in [9.17, 15) is 21.8 Å². The fourth-order valence-electron chi connectivity index (χ4n) is 1.63. The molecule has 0 heterocycles. The largest absolute Gasteiger partial charge is 0.352 e. The van der Waals surface area contributed by atoms with Crippen LogP contribution in [0.15, 0.2) is 17.0 Å². The fraction of sp³-hybridized carbons (Fsp3) is 0.417. The van der Waals surface area contributed by atoms with E-state index in [2.05, 4.69) is 5.32 Å². The fourth-order valence-corrected chi connectivity index (χ4v) is 3.16. The maximum atomic E-state index is 13.7. The molecule has 118 valence electrons. The van der Waals surface area contributed by atoms with Gasteiger partial charge in [0.25, 0.3) is 15.0 Å². The normalized spacial score (nSPS) is 13.0. The molecule has 1 aromatic rings. The van der Waals surface area contributed by atoms with Crippen LogP contribution in [-0.2, 0) is 19.9 Å². The van der Waals surface area contributed by atoms with Crippen LogP contribution in [0.5, 0.6) is 0 Å². The lowest BCUT2D eigenvalue weighted by atomic mass is 10.1. The molecule has 0 aliphatic heterocycles. The highest BCUT2D eigenvalue weighted by atomic mass is 35.7. The maximum Gasteiger partial charge on any atom is 0.264 e. The van der Waals surface area contributed by atoms with Gasteiger partial charge < -0.3 is 5.32 Å². The number of halogens is 2. The van der Waals surface area contributed by atoms with E-state index in [4.69, 9.17) is 10.7 Å². The predicted molar refractivity (Wildman–Crippen MR) is 80.1 cm³/mol. The molecule has 1 amide bonds. The zero-order valence-corrected chi connectivity index (χ0v) is 13.9. The van der Waals surface area contributed by atoms with Gasteiger partial charge in [0.1, 0.15) is 10.7 Å². The van der Waals surface area contributed by atoms with E-state index in [1.54, 1.807) is 6.26 Å². The highest BCUT2D eigenvalue weighted by molar-refractivity contribution is 8.13. The first-order valence-corrected chi connectivity index (χ1v) is 9.99. The Morgan fingerprint density at radius 2 is 2.05 bits per heavy atom. The molecule has 21 heavy (non-hydrogen) atoms. The third kappa shape index (κ3) is 5.37. The molecule has 1 aromatic carbocycles. The van der Waals surface area contributed by atoms with E-state index in [1.165, 1.54) is 13.0 Å². The number of rotatable bonds is 6. The van der Waals surface area contributed by atoms with Crippen molar-refractivity contribution in [3.8, 4) is 0 Å². The maximum absolute atomic E-state index is 13.7. The summed E-state index contributed by atoms with van der Waals surface area (Å²) in [6.07, 6.45) is 2.08. The van der Waals surface area contributed by atoms with Crippen LogP contribution in [0.4, 0.5) is 4.39 Å². The van der Waals surface area contributed by atoms with Crippen LogP contribution < -0.4 is 5.32 Å². The first kappa shape index (κ1) is 18.1. The average Bonchev–Trinajstić information content (AvgIpc) is 2.35. The Kier molecular flexibility index (Phi) is 6.30. The summed E-state index contributed by atoms with van der Waals surface area (Å²) in [6.45, 7) is 1.63. The Morgan fingerprint density at radius 3 is 2.57 bits per heavy atom. The van der Waals surface area contributed by atoms with Crippen molar-refractivity contribution in [2.24, 2.45) is 0 Å². The van der Waals surface area contributed by atoms with Gasteiger partial charge in [0.2, 0.25) is 0 Å². The van der Waals surface area contributed by atoms with Gasteiger partial charge in [-0.2, -0.15) is 0 Å². The summed E-state index contributed by atoms with van der Waals surface area (Å²) >= 11 is 0. The molecule has 9 heteroatoms.